The van der Waals surface area contributed by atoms with Crippen LogP contribution in [0.5, 0.6) is 0 Å². The summed E-state index contributed by atoms with van der Waals surface area (Å²) < 4.78 is 0. The first kappa shape index (κ1) is 16.0. The molecule has 0 radical (unpaired) electrons. The summed E-state index contributed by atoms with van der Waals surface area (Å²) in [6, 6.07) is 2.44. The van der Waals surface area contributed by atoms with Crippen LogP contribution in [0.4, 0.5) is 5.69 Å². The maximum atomic E-state index is 5.95. The Morgan fingerprint density at radius 3 is 2.68 bits per heavy atom. The fourth-order valence-corrected chi connectivity index (χ4v) is 2.30. The van der Waals surface area contributed by atoms with Crippen molar-refractivity contribution in [1.29, 1.82) is 0 Å². The monoisotopic (exact) mass is 263 g/mol. The highest BCUT2D eigenvalue weighted by atomic mass is 14.9. The van der Waals surface area contributed by atoms with E-state index in [1.54, 1.807) is 6.20 Å². The Hall–Kier alpha value is -1.09. The van der Waals surface area contributed by atoms with Crippen molar-refractivity contribution in [3.8, 4) is 0 Å². The highest BCUT2D eigenvalue weighted by molar-refractivity contribution is 5.44. The Labute approximate surface area is 118 Å². The van der Waals surface area contributed by atoms with Gasteiger partial charge in [0.15, 0.2) is 0 Å². The van der Waals surface area contributed by atoms with E-state index in [0.717, 1.165) is 25.1 Å². The van der Waals surface area contributed by atoms with E-state index >= 15 is 0 Å². The first-order valence-electron chi connectivity index (χ1n) is 7.37. The number of hydrogen-bond donors (Lipinski definition) is 2. The molecule has 0 aliphatic carbocycles. The zero-order valence-electron chi connectivity index (χ0n) is 12.9. The minimum Gasteiger partial charge on any atom is -0.398 e. The van der Waals surface area contributed by atoms with E-state index < -0.39 is 0 Å². The Morgan fingerprint density at radius 1 is 1.37 bits per heavy atom. The zero-order chi connectivity index (χ0) is 14.3. The first-order valence-corrected chi connectivity index (χ1v) is 7.37. The third kappa shape index (κ3) is 5.60. The third-order valence-corrected chi connectivity index (χ3v) is 3.57. The summed E-state index contributed by atoms with van der Waals surface area (Å²) in [7, 11) is 0. The normalized spacial score (nSPS) is 13.5. The lowest BCUT2D eigenvalue weighted by atomic mass is 9.83. The van der Waals surface area contributed by atoms with Gasteiger partial charge in [0.2, 0.25) is 0 Å². The number of pyridine rings is 1. The van der Waals surface area contributed by atoms with E-state index in [9.17, 15) is 0 Å². The van der Waals surface area contributed by atoms with E-state index in [-0.39, 0.29) is 0 Å². The molecule has 1 aromatic heterocycles. The summed E-state index contributed by atoms with van der Waals surface area (Å²) in [5.74, 6) is 0. The van der Waals surface area contributed by atoms with E-state index in [4.69, 9.17) is 5.73 Å². The molecule has 3 nitrogen and oxygen atoms in total. The molecule has 0 fully saturated rings. The van der Waals surface area contributed by atoms with Crippen LogP contribution in [0.3, 0.4) is 0 Å². The molecule has 3 N–H and O–H groups in total. The van der Waals surface area contributed by atoms with Crippen molar-refractivity contribution in [3.05, 3.63) is 24.0 Å². The zero-order valence-corrected chi connectivity index (χ0v) is 12.9. The molecule has 1 unspecified atom stereocenters. The molecule has 0 saturated carbocycles. The topological polar surface area (TPSA) is 50.9 Å². The number of nitrogen functional groups attached to an aromatic ring is 1. The number of rotatable bonds is 7. The molecular weight excluding hydrogens is 234 g/mol. The van der Waals surface area contributed by atoms with Crippen LogP contribution in [-0.2, 0) is 6.42 Å². The highest BCUT2D eigenvalue weighted by Crippen LogP contribution is 2.24. The van der Waals surface area contributed by atoms with Crippen LogP contribution in [0.2, 0.25) is 0 Å². The van der Waals surface area contributed by atoms with Gasteiger partial charge in [-0.1, -0.05) is 27.7 Å². The molecule has 1 atom stereocenters. The molecule has 3 heteroatoms. The lowest BCUT2D eigenvalue weighted by Gasteiger charge is -2.32. The van der Waals surface area contributed by atoms with Crippen molar-refractivity contribution in [2.45, 2.75) is 59.4 Å². The fourth-order valence-electron chi connectivity index (χ4n) is 2.30. The predicted octanol–water partition coefficient (Wildman–Crippen LogP) is 3.40. The van der Waals surface area contributed by atoms with Gasteiger partial charge in [0.1, 0.15) is 0 Å². The van der Waals surface area contributed by atoms with Crippen LogP contribution >= 0.6 is 0 Å². The number of aromatic nitrogens is 1. The molecule has 0 aliphatic heterocycles. The number of anilines is 1. The number of nitrogens with one attached hydrogen (secondary N) is 1. The summed E-state index contributed by atoms with van der Waals surface area (Å²) >= 11 is 0. The number of nitrogens with zero attached hydrogens (tertiary/aromatic N) is 1. The summed E-state index contributed by atoms with van der Waals surface area (Å²) in [6.07, 6.45) is 8.16. The first-order chi connectivity index (χ1) is 8.95. The van der Waals surface area contributed by atoms with Crippen LogP contribution in [-0.4, -0.2) is 17.6 Å². The van der Waals surface area contributed by atoms with Gasteiger partial charge in [-0.25, -0.2) is 0 Å². The second kappa shape index (κ2) is 7.49. The maximum Gasteiger partial charge on any atom is 0.0377 e. The van der Waals surface area contributed by atoms with E-state index in [1.165, 1.54) is 18.4 Å². The summed E-state index contributed by atoms with van der Waals surface area (Å²) in [5.41, 5.74) is 8.29. The molecular formula is C16H29N3. The number of nitrogens with two attached hydrogens (primary N) is 1. The molecule has 0 aliphatic rings. The molecule has 1 aromatic rings. The quantitative estimate of drug-likeness (QED) is 0.792. The van der Waals surface area contributed by atoms with Gasteiger partial charge in [-0.2, -0.15) is 0 Å². The van der Waals surface area contributed by atoms with Gasteiger partial charge < -0.3 is 11.1 Å². The molecule has 0 aromatic carbocycles. The average molecular weight is 263 g/mol. The fraction of sp³-hybridized carbons (Fsp3) is 0.688. The molecule has 19 heavy (non-hydrogen) atoms. The second-order valence-corrected chi connectivity index (χ2v) is 6.34. The van der Waals surface area contributed by atoms with Crippen LogP contribution in [0.1, 0.15) is 52.5 Å². The van der Waals surface area contributed by atoms with Crippen LogP contribution < -0.4 is 11.1 Å². The van der Waals surface area contributed by atoms with Gasteiger partial charge in [0, 0.05) is 24.1 Å². The van der Waals surface area contributed by atoms with Crippen LogP contribution in [0.15, 0.2) is 18.5 Å². The Bertz CT molecular complexity index is 369. The molecule has 0 bridgehead atoms. The Balaban J connectivity index is 2.46. The van der Waals surface area contributed by atoms with Gasteiger partial charge in [-0.3, -0.25) is 4.98 Å². The van der Waals surface area contributed by atoms with Gasteiger partial charge in [0.25, 0.3) is 0 Å². The number of aryl methyl sites for hydroxylation is 1. The van der Waals surface area contributed by atoms with E-state index in [0.29, 0.717) is 11.5 Å². The SMILES string of the molecule is CCCNC(CCCc1cnccc1N)C(C)(C)C. The average Bonchev–Trinajstić information content (AvgIpc) is 2.34. The summed E-state index contributed by atoms with van der Waals surface area (Å²) in [6.45, 7) is 10.2. The summed E-state index contributed by atoms with van der Waals surface area (Å²) in [4.78, 5) is 4.15. The van der Waals surface area contributed by atoms with Crippen molar-refractivity contribution >= 4 is 5.69 Å². The lowest BCUT2D eigenvalue weighted by molar-refractivity contribution is 0.251. The van der Waals surface area contributed by atoms with Crippen molar-refractivity contribution in [2.75, 3.05) is 12.3 Å². The van der Waals surface area contributed by atoms with Crippen LogP contribution in [0.25, 0.3) is 0 Å². The molecule has 0 spiro atoms. The Morgan fingerprint density at radius 2 is 2.11 bits per heavy atom. The predicted molar refractivity (Wildman–Crippen MR) is 83.1 cm³/mol. The standard InChI is InChI=1S/C16H29N3/c1-5-10-19-15(16(2,3)4)8-6-7-13-12-18-11-9-14(13)17/h9,11-12,15,19H,5-8,10H2,1-4H3,(H2,17,18). The van der Waals surface area contributed by atoms with Crippen molar-refractivity contribution < 1.29 is 0 Å². The second-order valence-electron chi connectivity index (χ2n) is 6.34. The number of hydrogen-bond acceptors (Lipinski definition) is 3. The molecule has 1 rings (SSSR count). The summed E-state index contributed by atoms with van der Waals surface area (Å²) in [5, 5.41) is 3.66. The smallest absolute Gasteiger partial charge is 0.0377 e. The van der Waals surface area contributed by atoms with Crippen molar-refractivity contribution in [3.63, 3.8) is 0 Å². The van der Waals surface area contributed by atoms with Crippen LogP contribution in [0, 0.1) is 5.41 Å². The van der Waals surface area contributed by atoms with Gasteiger partial charge >= 0.3 is 0 Å². The third-order valence-electron chi connectivity index (χ3n) is 3.57. The van der Waals surface area contributed by atoms with Crippen molar-refractivity contribution in [2.24, 2.45) is 5.41 Å². The van der Waals surface area contributed by atoms with Crippen molar-refractivity contribution in [1.82, 2.24) is 10.3 Å². The minimum absolute atomic E-state index is 0.301. The van der Waals surface area contributed by atoms with Gasteiger partial charge in [-0.15, -0.1) is 0 Å². The van der Waals surface area contributed by atoms with Gasteiger partial charge in [0.05, 0.1) is 0 Å². The largest absolute Gasteiger partial charge is 0.398 e. The minimum atomic E-state index is 0.301. The highest BCUT2D eigenvalue weighted by Gasteiger charge is 2.23. The molecule has 0 saturated heterocycles. The maximum absolute atomic E-state index is 5.95. The Kier molecular flexibility index (Phi) is 6.29. The lowest BCUT2D eigenvalue weighted by Crippen LogP contribution is -2.40. The molecule has 0 amide bonds. The van der Waals surface area contributed by atoms with E-state index in [1.807, 2.05) is 12.3 Å². The van der Waals surface area contributed by atoms with E-state index in [2.05, 4.69) is 38.0 Å². The molecule has 108 valence electrons. The molecule has 1 heterocycles. The van der Waals surface area contributed by atoms with Gasteiger partial charge in [-0.05, 0) is 49.3 Å².